The lowest BCUT2D eigenvalue weighted by Crippen LogP contribution is -2.46. The number of hydrogen-bond donors (Lipinski definition) is 11. The number of H-pyrrole nitrogens is 1. The van der Waals surface area contributed by atoms with Gasteiger partial charge in [-0.3, -0.25) is 77.1 Å². The molecule has 2 aromatic heterocycles. The van der Waals surface area contributed by atoms with Gasteiger partial charge in [0.15, 0.2) is 0 Å². The highest BCUT2D eigenvalue weighted by Crippen LogP contribution is 2.10. The quantitative estimate of drug-likeness (QED) is 0.0223. The predicted molar refractivity (Wildman–Crippen MR) is 494 cm³/mol. The van der Waals surface area contributed by atoms with Gasteiger partial charge in [0.25, 0.3) is 0 Å². The Morgan fingerprint density at radius 2 is 0.914 bits per heavy atom. The Morgan fingerprint density at radius 3 is 1.32 bits per heavy atom. The number of rotatable bonds is 56. The monoisotopic (exact) mass is 1830 g/mol. The molecule has 7 rings (SSSR count). The number of amides is 16. The van der Waals surface area contributed by atoms with Crippen LogP contribution >= 0.6 is 0 Å². The van der Waals surface area contributed by atoms with Crippen molar-refractivity contribution in [2.45, 2.75) is 78.2 Å². The molecule has 5 fully saturated rings. The Kier molecular flexibility index (Phi) is 103. The van der Waals surface area contributed by atoms with Crippen LogP contribution in [-0.2, 0) is 99.7 Å². The van der Waals surface area contributed by atoms with Gasteiger partial charge in [0.2, 0.25) is 89.2 Å². The number of likely N-dealkylation sites (tertiary alicyclic amines) is 3. The van der Waals surface area contributed by atoms with E-state index in [1.54, 1.807) is 81.4 Å². The number of nitrogens with one attached hydrogen (secondary N) is 10. The van der Waals surface area contributed by atoms with Crippen LogP contribution in [0.2, 0.25) is 0 Å². The Bertz CT molecular complexity index is 2840. The van der Waals surface area contributed by atoms with Gasteiger partial charge in [-0.05, 0) is 130 Å². The standard InChI is InChI=1S/C8H17N3O.C8H14N2O2.C8H12N2O.C8H16N2O.C7H13N3O2.C7H14N2O.C7H16N2O.C7H15NO3.C6H14N2O.C5H11NO2.C4H5N3O.2C4H9NO2/c1-10-4-6-11(7-5-10)3-2-9-8-12;11-7-9-4-2-6-10-5-1-3-8(10)12;1-9(7-11)6-8-4-3-5-10(8)2;1-9(8-11)6-7-10-4-2-3-5-10;1-9(6-11)4-5-10-3-2-8-7(10)12;10-7-8-3-6-9-4-1-2-5-9;1-3-9(4-2)6-5-8-7-10;1-10-5-3-8(7-9)4-6-11-2;1-8(2)5-3-4-7-6-9;1-8-4-2-3-6-5-7;8-3-5-4-1-2-6-7-4;1-7-3-2-5-4-6;1-5(4-7)2-3-6/h8H,2-7H2,1H3,(H,9,12);7H,1-6H2,(H,9,11);3-5,7H,6H2,1-2H3;8H,2-7H2,1H3;6H,2-5H2,1H3,(H,8,12);7H,1-6H2,(H,8,10);7H,3-6H2,1-2H3,(H,8,10);7H,3-6H2,1-2H3;6H,3-5H2,1-2H3,(H,7,9);5H,2-4H2,1H3,(H,6,7);1-3H,(H2,5,6,7,8);4H,2-3H2,1H3,(H,5,6);4,6H,2-3H2,1H3. The van der Waals surface area contributed by atoms with E-state index >= 15 is 0 Å². The molecule has 0 spiro atoms. The van der Waals surface area contributed by atoms with E-state index in [0.29, 0.717) is 136 Å². The molecule has 5 saturated heterocycles. The summed E-state index contributed by atoms with van der Waals surface area (Å²) >= 11 is 0. The molecule has 0 saturated carbocycles. The number of likely N-dealkylation sites (N-methyl/N-ethyl adjacent to an activating group) is 5. The molecule has 742 valence electrons. The van der Waals surface area contributed by atoms with E-state index in [-0.39, 0.29) is 18.5 Å². The van der Waals surface area contributed by atoms with Gasteiger partial charge in [-0.25, -0.2) is 4.79 Å². The molecular formula is C83H165N25O20. The van der Waals surface area contributed by atoms with Crippen molar-refractivity contribution in [2.24, 2.45) is 7.05 Å². The lowest BCUT2D eigenvalue weighted by molar-refractivity contribution is -0.128. The summed E-state index contributed by atoms with van der Waals surface area (Å²) in [6.45, 7) is 35.8. The number of piperazine rings is 1. The molecular weight excluding hydrogens is 1670 g/mol. The maximum Gasteiger partial charge on any atom is 0.317 e. The summed E-state index contributed by atoms with van der Waals surface area (Å²) in [5.41, 5.74) is 1.14. The average molecular weight is 1830 g/mol. The highest BCUT2D eigenvalue weighted by molar-refractivity contribution is 5.78. The molecule has 7 heterocycles. The van der Waals surface area contributed by atoms with Crippen molar-refractivity contribution in [3.05, 3.63) is 36.3 Å². The van der Waals surface area contributed by atoms with E-state index in [1.807, 2.05) is 56.0 Å². The SMILES string of the molecule is CCN(CC)CCNC=O.CN(C)CCCNC=O.CN(C=O)CCN1CCCC1.CN(C=O)CCN1CCNC1=O.CN(C=O)CCO.CN(C=O)Cc1cccn1C.CN1CCN(CCNC=O)CC1.COCCCNC=O.COCCN(C=O)CCOC.COCCNC=O.O=CNCCCN1CCCC1=O.O=CNCCN1CCCC1.O=CNc1ccn[nH]1. The number of hydrogen-bond acceptors (Lipinski definition) is 27. The second-order valence-corrected chi connectivity index (χ2v) is 28.8. The summed E-state index contributed by atoms with van der Waals surface area (Å²) in [5.74, 6) is 0.862. The fourth-order valence-corrected chi connectivity index (χ4v) is 10.6. The number of aromatic amines is 1. The zero-order valence-corrected chi connectivity index (χ0v) is 79.5. The van der Waals surface area contributed by atoms with Crippen molar-refractivity contribution in [1.29, 1.82) is 0 Å². The number of aliphatic hydroxyl groups excluding tert-OH is 1. The molecule has 45 nitrogen and oxygen atoms in total. The number of anilines is 1. The summed E-state index contributed by atoms with van der Waals surface area (Å²) in [7, 11) is 21.5. The van der Waals surface area contributed by atoms with Gasteiger partial charge in [-0.15, -0.1) is 0 Å². The maximum absolute atomic E-state index is 11.1. The first kappa shape index (κ1) is 129. The second kappa shape index (κ2) is 102. The van der Waals surface area contributed by atoms with Gasteiger partial charge in [0, 0.05) is 258 Å². The molecule has 45 heteroatoms. The minimum Gasteiger partial charge on any atom is -0.395 e. The van der Waals surface area contributed by atoms with Gasteiger partial charge < -0.3 is 135 Å². The van der Waals surface area contributed by atoms with E-state index < -0.39 is 0 Å². The van der Waals surface area contributed by atoms with Gasteiger partial charge in [0.05, 0.1) is 39.2 Å². The van der Waals surface area contributed by atoms with Crippen LogP contribution in [-0.4, -0.2) is 499 Å². The zero-order chi connectivity index (χ0) is 97.0. The van der Waals surface area contributed by atoms with Crippen LogP contribution in [0.25, 0.3) is 0 Å². The van der Waals surface area contributed by atoms with Crippen molar-refractivity contribution in [3.63, 3.8) is 0 Å². The number of nitrogens with zero attached hydrogens (tertiary/aromatic N) is 15. The van der Waals surface area contributed by atoms with Gasteiger partial charge >= 0.3 is 6.03 Å². The molecule has 0 atom stereocenters. The largest absolute Gasteiger partial charge is 0.395 e. The number of aromatic nitrogens is 3. The van der Waals surface area contributed by atoms with Gasteiger partial charge in [-0.2, -0.15) is 5.10 Å². The summed E-state index contributed by atoms with van der Waals surface area (Å²) in [6.07, 6.45) is 22.8. The summed E-state index contributed by atoms with van der Waals surface area (Å²) < 4.78 is 21.0. The molecule has 0 aliphatic carbocycles. The maximum atomic E-state index is 11.1. The number of carbonyl (C=O) groups excluding carboxylic acids is 15. The van der Waals surface area contributed by atoms with Crippen LogP contribution < -0.4 is 47.9 Å². The normalized spacial score (nSPS) is 13.2. The molecule has 0 bridgehead atoms. The van der Waals surface area contributed by atoms with E-state index in [2.05, 4.69) is 113 Å². The number of methoxy groups -OCH3 is 4. The predicted octanol–water partition coefficient (Wildman–Crippen LogP) is -3.88. The number of ether oxygens (including phenoxy) is 4. The van der Waals surface area contributed by atoms with Crippen molar-refractivity contribution in [3.8, 4) is 0 Å². The van der Waals surface area contributed by atoms with Crippen LogP contribution in [0.3, 0.4) is 0 Å². The molecule has 16 amide bonds. The van der Waals surface area contributed by atoms with Crippen molar-refractivity contribution in [2.75, 3.05) is 326 Å². The minimum atomic E-state index is -0.0331. The Morgan fingerprint density at radius 1 is 0.445 bits per heavy atom. The highest BCUT2D eigenvalue weighted by atomic mass is 16.5. The molecule has 11 N–H and O–H groups in total. The van der Waals surface area contributed by atoms with Crippen LogP contribution in [0.1, 0.15) is 77.3 Å². The molecule has 128 heavy (non-hydrogen) atoms. The first-order valence-electron chi connectivity index (χ1n) is 43.3. The molecule has 0 radical (unpaired) electrons. The summed E-state index contributed by atoms with van der Waals surface area (Å²) in [4.78, 5) is 176. The second-order valence-electron chi connectivity index (χ2n) is 28.8. The molecule has 5 aliphatic rings. The van der Waals surface area contributed by atoms with Gasteiger partial charge in [-0.1, -0.05) is 13.8 Å². The van der Waals surface area contributed by atoms with Crippen molar-refractivity contribution in [1.82, 2.24) is 121 Å². The highest BCUT2D eigenvalue weighted by Gasteiger charge is 2.20. The minimum absolute atomic E-state index is 0.0331. The Hall–Kier alpha value is -10.1. The third-order valence-electron chi connectivity index (χ3n) is 18.3. The van der Waals surface area contributed by atoms with E-state index in [9.17, 15) is 71.9 Å². The first-order chi connectivity index (χ1) is 61.9. The van der Waals surface area contributed by atoms with Crippen molar-refractivity contribution >= 4 is 101 Å². The number of aryl methyl sites for hydroxylation is 1. The lowest BCUT2D eigenvalue weighted by atomic mass is 10.3. The van der Waals surface area contributed by atoms with E-state index in [0.717, 1.165) is 207 Å². The Labute approximate surface area is 762 Å². The molecule has 5 aliphatic heterocycles. The summed E-state index contributed by atoms with van der Waals surface area (Å²) in [5, 5.41) is 37.5. The Balaban J connectivity index is -0.000000316. The van der Waals surface area contributed by atoms with Crippen LogP contribution in [0.4, 0.5) is 10.6 Å². The molecule has 0 aromatic carbocycles. The van der Waals surface area contributed by atoms with Crippen LogP contribution in [0, 0.1) is 0 Å². The lowest BCUT2D eigenvalue weighted by Gasteiger charge is -2.32. The topological polar surface area (TPSA) is 497 Å². The van der Waals surface area contributed by atoms with Crippen LogP contribution in [0.5, 0.6) is 0 Å². The first-order valence-corrected chi connectivity index (χ1v) is 43.3. The molecule has 0 unspecified atom stereocenters. The average Bonchev–Trinajstić information content (AvgIpc) is 1.71. The van der Waals surface area contributed by atoms with Gasteiger partial charge in [0.1, 0.15) is 5.82 Å². The number of urea groups is 1. The smallest absolute Gasteiger partial charge is 0.317 e. The summed E-state index contributed by atoms with van der Waals surface area (Å²) in [6, 6.07) is 5.59. The fraction of sp³-hybridized carbons (Fsp3) is 0.735. The molecule has 2 aromatic rings. The third-order valence-corrected chi connectivity index (χ3v) is 18.3. The number of aliphatic hydroxyl groups is 1. The van der Waals surface area contributed by atoms with E-state index in [1.165, 1.54) is 61.7 Å². The van der Waals surface area contributed by atoms with E-state index in [4.69, 9.17) is 19.3 Å². The van der Waals surface area contributed by atoms with Crippen molar-refractivity contribution < 1.29 is 96.0 Å². The number of carbonyl (C=O) groups is 15. The third kappa shape index (κ3) is 92.1. The fourth-order valence-electron chi connectivity index (χ4n) is 10.6. The zero-order valence-electron chi connectivity index (χ0n) is 79.5. The van der Waals surface area contributed by atoms with Crippen LogP contribution in [0.15, 0.2) is 30.6 Å².